The quantitative estimate of drug-likeness (QED) is 0.914. The summed E-state index contributed by atoms with van der Waals surface area (Å²) in [7, 11) is 0. The van der Waals surface area contributed by atoms with E-state index in [2.05, 4.69) is 33.0 Å². The van der Waals surface area contributed by atoms with Crippen LogP contribution in [-0.4, -0.2) is 18.3 Å². The normalized spacial score (nSPS) is 14.4. The largest absolute Gasteiger partial charge is 0.491 e. The predicted molar refractivity (Wildman–Crippen MR) is 83.1 cm³/mol. The number of hydrogen-bond acceptors (Lipinski definition) is 3. The summed E-state index contributed by atoms with van der Waals surface area (Å²) >= 11 is 3.51. The van der Waals surface area contributed by atoms with Gasteiger partial charge in [0.25, 0.3) is 0 Å². The Kier molecular flexibility index (Phi) is 3.94. The van der Waals surface area contributed by atoms with E-state index in [1.807, 2.05) is 30.3 Å². The molecule has 2 aromatic carbocycles. The van der Waals surface area contributed by atoms with E-state index in [-0.39, 0.29) is 6.61 Å². The first kappa shape index (κ1) is 13.5. The van der Waals surface area contributed by atoms with Crippen LogP contribution in [0.2, 0.25) is 0 Å². The highest BCUT2D eigenvalue weighted by atomic mass is 79.9. The topological polar surface area (TPSA) is 32.7 Å². The predicted octanol–water partition coefficient (Wildman–Crippen LogP) is 3.34. The lowest BCUT2D eigenvalue weighted by Crippen LogP contribution is -2.25. The van der Waals surface area contributed by atoms with Crippen molar-refractivity contribution in [2.45, 2.75) is 13.2 Å². The van der Waals surface area contributed by atoms with Crippen molar-refractivity contribution in [3.05, 3.63) is 58.1 Å². The number of rotatable bonds is 2. The number of para-hydroxylation sites is 1. The fourth-order valence-corrected chi connectivity index (χ4v) is 2.90. The zero-order valence-electron chi connectivity index (χ0n) is 11.1. The number of anilines is 1. The third-order valence-corrected chi connectivity index (χ3v) is 4.26. The number of halogens is 1. The van der Waals surface area contributed by atoms with Crippen molar-refractivity contribution in [3.63, 3.8) is 0 Å². The molecule has 0 radical (unpaired) electrons. The van der Waals surface area contributed by atoms with Crippen LogP contribution in [0.3, 0.4) is 0 Å². The average Bonchev–Trinajstić information content (AvgIpc) is 2.69. The molecule has 1 aliphatic heterocycles. The second-order valence-electron chi connectivity index (χ2n) is 4.81. The van der Waals surface area contributed by atoms with E-state index < -0.39 is 0 Å². The molecule has 0 fully saturated rings. The maximum atomic E-state index is 9.23. The first-order chi connectivity index (χ1) is 9.78. The second-order valence-corrected chi connectivity index (χ2v) is 5.67. The number of aliphatic hydroxyl groups excluding tert-OH is 1. The highest BCUT2D eigenvalue weighted by Crippen LogP contribution is 2.29. The molecular weight excluding hydrogens is 318 g/mol. The number of benzene rings is 2. The number of fused-ring (bicyclic) bond motifs is 1. The Morgan fingerprint density at radius 3 is 2.85 bits per heavy atom. The van der Waals surface area contributed by atoms with Crippen molar-refractivity contribution < 1.29 is 9.84 Å². The Bertz CT molecular complexity index is 615. The summed E-state index contributed by atoms with van der Waals surface area (Å²) in [6, 6.07) is 14.2. The molecule has 3 rings (SSSR count). The van der Waals surface area contributed by atoms with Crippen LogP contribution in [0.25, 0.3) is 0 Å². The zero-order chi connectivity index (χ0) is 13.9. The fraction of sp³-hybridized carbons (Fsp3) is 0.250. The molecule has 20 heavy (non-hydrogen) atoms. The summed E-state index contributed by atoms with van der Waals surface area (Å²) in [5.74, 6) is 0.973. The molecule has 0 saturated carbocycles. The van der Waals surface area contributed by atoms with E-state index in [0.717, 1.165) is 34.6 Å². The first-order valence-corrected chi connectivity index (χ1v) is 7.42. The molecular formula is C16H16BrNO2. The lowest BCUT2D eigenvalue weighted by atomic mass is 10.1. The Labute approximate surface area is 126 Å². The molecule has 0 amide bonds. The van der Waals surface area contributed by atoms with Gasteiger partial charge in [-0.25, -0.2) is 0 Å². The van der Waals surface area contributed by atoms with Gasteiger partial charge in [-0.05, 0) is 23.8 Å². The number of nitrogens with zero attached hydrogens (tertiary/aromatic N) is 1. The molecule has 0 spiro atoms. The van der Waals surface area contributed by atoms with Crippen molar-refractivity contribution in [1.29, 1.82) is 0 Å². The minimum absolute atomic E-state index is 0.0484. The monoisotopic (exact) mass is 333 g/mol. The van der Waals surface area contributed by atoms with E-state index in [4.69, 9.17) is 4.74 Å². The van der Waals surface area contributed by atoms with Gasteiger partial charge in [-0.2, -0.15) is 0 Å². The lowest BCUT2D eigenvalue weighted by molar-refractivity contribution is 0.281. The second kappa shape index (κ2) is 5.85. The van der Waals surface area contributed by atoms with Crippen LogP contribution in [0.15, 0.2) is 46.9 Å². The van der Waals surface area contributed by atoms with Gasteiger partial charge in [0.1, 0.15) is 12.4 Å². The lowest BCUT2D eigenvalue weighted by Gasteiger charge is -2.22. The van der Waals surface area contributed by atoms with Crippen molar-refractivity contribution in [1.82, 2.24) is 0 Å². The summed E-state index contributed by atoms with van der Waals surface area (Å²) in [6.07, 6.45) is 0. The summed E-state index contributed by atoms with van der Waals surface area (Å²) in [5.41, 5.74) is 3.24. The van der Waals surface area contributed by atoms with Crippen molar-refractivity contribution in [2.24, 2.45) is 0 Å². The minimum atomic E-state index is 0.0484. The van der Waals surface area contributed by atoms with E-state index >= 15 is 0 Å². The van der Waals surface area contributed by atoms with Crippen molar-refractivity contribution in [3.8, 4) is 5.75 Å². The molecule has 104 valence electrons. The van der Waals surface area contributed by atoms with E-state index in [1.54, 1.807) is 0 Å². The Hall–Kier alpha value is -1.52. The third-order valence-electron chi connectivity index (χ3n) is 3.52. The fourth-order valence-electron chi connectivity index (χ4n) is 2.41. The van der Waals surface area contributed by atoms with Crippen LogP contribution >= 0.6 is 15.9 Å². The van der Waals surface area contributed by atoms with Gasteiger partial charge in [-0.15, -0.1) is 0 Å². The first-order valence-electron chi connectivity index (χ1n) is 6.63. The molecule has 0 aromatic heterocycles. The standard InChI is InChI=1S/C16H16BrNO2/c17-15-9-14(6-5-13(15)11-19)18-7-8-20-16-4-2-1-3-12(16)10-18/h1-6,9,19H,7-8,10-11H2. The molecule has 0 saturated heterocycles. The summed E-state index contributed by atoms with van der Waals surface area (Å²) in [6.45, 7) is 2.41. The highest BCUT2D eigenvalue weighted by molar-refractivity contribution is 9.10. The third kappa shape index (κ3) is 2.67. The number of aliphatic hydroxyl groups is 1. The number of ether oxygens (including phenoxy) is 1. The van der Waals surface area contributed by atoms with Crippen molar-refractivity contribution in [2.75, 3.05) is 18.1 Å². The molecule has 4 heteroatoms. The Morgan fingerprint density at radius 2 is 2.05 bits per heavy atom. The van der Waals surface area contributed by atoms with Gasteiger partial charge in [-0.1, -0.05) is 40.2 Å². The van der Waals surface area contributed by atoms with Crippen molar-refractivity contribution >= 4 is 21.6 Å². The maximum absolute atomic E-state index is 9.23. The molecule has 2 aromatic rings. The van der Waals surface area contributed by atoms with Crippen LogP contribution in [0.4, 0.5) is 5.69 Å². The van der Waals surface area contributed by atoms with Gasteiger partial charge in [0.15, 0.2) is 0 Å². The molecule has 1 heterocycles. The Morgan fingerprint density at radius 1 is 1.20 bits per heavy atom. The molecule has 0 unspecified atom stereocenters. The minimum Gasteiger partial charge on any atom is -0.491 e. The maximum Gasteiger partial charge on any atom is 0.124 e. The molecule has 0 bridgehead atoms. The van der Waals surface area contributed by atoms with Gasteiger partial charge in [0, 0.05) is 22.3 Å². The van der Waals surface area contributed by atoms with Gasteiger partial charge >= 0.3 is 0 Å². The van der Waals surface area contributed by atoms with Gasteiger partial charge < -0.3 is 14.7 Å². The molecule has 0 atom stereocenters. The van der Waals surface area contributed by atoms with Crippen LogP contribution in [0.5, 0.6) is 5.75 Å². The van der Waals surface area contributed by atoms with Crippen LogP contribution in [0, 0.1) is 0 Å². The smallest absolute Gasteiger partial charge is 0.124 e. The summed E-state index contributed by atoms with van der Waals surface area (Å²) in [4.78, 5) is 2.29. The highest BCUT2D eigenvalue weighted by Gasteiger charge is 2.15. The van der Waals surface area contributed by atoms with E-state index in [0.29, 0.717) is 6.61 Å². The molecule has 3 nitrogen and oxygen atoms in total. The number of hydrogen-bond donors (Lipinski definition) is 1. The summed E-state index contributed by atoms with van der Waals surface area (Å²) in [5, 5.41) is 9.23. The van der Waals surface area contributed by atoms with Crippen LogP contribution in [0.1, 0.15) is 11.1 Å². The van der Waals surface area contributed by atoms with E-state index in [9.17, 15) is 5.11 Å². The van der Waals surface area contributed by atoms with Gasteiger partial charge in [0.05, 0.1) is 13.2 Å². The zero-order valence-corrected chi connectivity index (χ0v) is 12.6. The molecule has 1 N–H and O–H groups in total. The van der Waals surface area contributed by atoms with Crippen LogP contribution in [-0.2, 0) is 13.2 Å². The average molecular weight is 334 g/mol. The molecule has 1 aliphatic rings. The van der Waals surface area contributed by atoms with Crippen LogP contribution < -0.4 is 9.64 Å². The summed E-state index contributed by atoms with van der Waals surface area (Å²) < 4.78 is 6.72. The van der Waals surface area contributed by atoms with E-state index in [1.165, 1.54) is 5.56 Å². The van der Waals surface area contributed by atoms with Gasteiger partial charge in [0.2, 0.25) is 0 Å². The Balaban J connectivity index is 1.89. The SMILES string of the molecule is OCc1ccc(N2CCOc3ccccc3C2)cc1Br. The molecule has 0 aliphatic carbocycles. The van der Waals surface area contributed by atoms with Gasteiger partial charge in [-0.3, -0.25) is 0 Å².